The Labute approximate surface area is 101 Å². The van der Waals surface area contributed by atoms with Crippen molar-refractivity contribution >= 4 is 24.0 Å². The maximum Gasteiger partial charge on any atom is 0.0721 e. The van der Waals surface area contributed by atoms with Crippen molar-refractivity contribution in [1.29, 1.82) is 0 Å². The van der Waals surface area contributed by atoms with Gasteiger partial charge in [0.2, 0.25) is 0 Å². The summed E-state index contributed by atoms with van der Waals surface area (Å²) in [6.45, 7) is 2.74. The van der Waals surface area contributed by atoms with Crippen LogP contribution in [0.5, 0.6) is 0 Å². The quantitative estimate of drug-likeness (QED) is 0.887. The summed E-state index contributed by atoms with van der Waals surface area (Å²) in [6.07, 6.45) is 1.50. The molecule has 84 valence electrons. The molecule has 0 aromatic heterocycles. The molecule has 0 spiro atoms. The third-order valence-corrected chi connectivity index (χ3v) is 2.67. The van der Waals surface area contributed by atoms with Crippen molar-refractivity contribution in [1.82, 2.24) is 5.32 Å². The molecule has 0 radical (unpaired) electrons. The van der Waals surface area contributed by atoms with E-state index < -0.39 is 0 Å². The van der Waals surface area contributed by atoms with E-state index in [2.05, 4.69) is 5.32 Å². The molecule has 0 amide bonds. The monoisotopic (exact) mass is 247 g/mol. The molecule has 1 aromatic carbocycles. The summed E-state index contributed by atoms with van der Waals surface area (Å²) in [5.41, 5.74) is 1.18. The second-order valence-corrected chi connectivity index (χ2v) is 3.99. The van der Waals surface area contributed by atoms with Crippen molar-refractivity contribution in [2.24, 2.45) is 0 Å². The number of halogens is 2. The Morgan fingerprint density at radius 2 is 2.07 bits per heavy atom. The second kappa shape index (κ2) is 6.33. The molecular weight excluding hydrogens is 233 g/mol. The number of rotatable bonds is 3. The van der Waals surface area contributed by atoms with Gasteiger partial charge in [0.05, 0.1) is 12.7 Å². The SMILES string of the molecule is Cl.Clc1ccc(COC2CCNC2)cc1. The molecule has 1 aliphatic rings. The molecule has 1 aromatic rings. The summed E-state index contributed by atoms with van der Waals surface area (Å²) in [4.78, 5) is 0. The molecule has 1 atom stereocenters. The van der Waals surface area contributed by atoms with Crippen LogP contribution < -0.4 is 5.32 Å². The first-order valence-corrected chi connectivity index (χ1v) is 5.29. The van der Waals surface area contributed by atoms with Crippen LogP contribution in [0.4, 0.5) is 0 Å². The van der Waals surface area contributed by atoms with Crippen molar-refractivity contribution in [3.63, 3.8) is 0 Å². The molecule has 2 nitrogen and oxygen atoms in total. The lowest BCUT2D eigenvalue weighted by Crippen LogP contribution is -2.16. The highest BCUT2D eigenvalue weighted by Gasteiger charge is 2.14. The topological polar surface area (TPSA) is 21.3 Å². The molecule has 1 aliphatic heterocycles. The Hall–Kier alpha value is -0.280. The fourth-order valence-electron chi connectivity index (χ4n) is 1.57. The lowest BCUT2D eigenvalue weighted by molar-refractivity contribution is 0.0542. The minimum Gasteiger partial charge on any atom is -0.372 e. The van der Waals surface area contributed by atoms with E-state index in [1.54, 1.807) is 0 Å². The van der Waals surface area contributed by atoms with E-state index >= 15 is 0 Å². The van der Waals surface area contributed by atoms with Gasteiger partial charge in [-0.3, -0.25) is 0 Å². The highest BCUT2D eigenvalue weighted by Crippen LogP contribution is 2.12. The molecule has 1 N–H and O–H groups in total. The zero-order chi connectivity index (χ0) is 9.80. The molecule has 0 saturated carbocycles. The van der Waals surface area contributed by atoms with Gasteiger partial charge >= 0.3 is 0 Å². The van der Waals surface area contributed by atoms with E-state index in [9.17, 15) is 0 Å². The number of hydrogen-bond donors (Lipinski definition) is 1. The number of nitrogens with one attached hydrogen (secondary N) is 1. The van der Waals surface area contributed by atoms with E-state index in [1.807, 2.05) is 24.3 Å². The zero-order valence-corrected chi connectivity index (χ0v) is 9.98. The lowest BCUT2D eigenvalue weighted by atomic mass is 10.2. The van der Waals surface area contributed by atoms with Gasteiger partial charge in [0.15, 0.2) is 0 Å². The average Bonchev–Trinajstić information content (AvgIpc) is 2.70. The molecule has 0 aliphatic carbocycles. The first kappa shape index (κ1) is 12.8. The summed E-state index contributed by atoms with van der Waals surface area (Å²) in [5, 5.41) is 4.05. The summed E-state index contributed by atoms with van der Waals surface area (Å²) in [7, 11) is 0. The van der Waals surface area contributed by atoms with E-state index in [1.165, 1.54) is 5.56 Å². The second-order valence-electron chi connectivity index (χ2n) is 3.55. The Kier molecular flexibility index (Phi) is 5.40. The highest BCUT2D eigenvalue weighted by molar-refractivity contribution is 6.30. The third-order valence-electron chi connectivity index (χ3n) is 2.41. The summed E-state index contributed by atoms with van der Waals surface area (Å²) < 4.78 is 5.72. The van der Waals surface area contributed by atoms with Crippen LogP contribution in [-0.4, -0.2) is 19.2 Å². The van der Waals surface area contributed by atoms with Crippen LogP contribution in [0.3, 0.4) is 0 Å². The van der Waals surface area contributed by atoms with Crippen molar-refractivity contribution in [3.05, 3.63) is 34.9 Å². The van der Waals surface area contributed by atoms with E-state index in [4.69, 9.17) is 16.3 Å². The standard InChI is InChI=1S/C11H14ClNO.ClH/c12-10-3-1-9(2-4-10)8-14-11-5-6-13-7-11;/h1-4,11,13H,5-8H2;1H. The maximum atomic E-state index is 5.79. The first-order chi connectivity index (χ1) is 6.84. The number of ether oxygens (including phenoxy) is 1. The Bertz CT molecular complexity index is 283. The zero-order valence-electron chi connectivity index (χ0n) is 8.41. The average molecular weight is 248 g/mol. The maximum absolute atomic E-state index is 5.79. The Balaban J connectivity index is 0.00000112. The van der Waals surface area contributed by atoms with E-state index in [-0.39, 0.29) is 12.4 Å². The van der Waals surface area contributed by atoms with E-state index in [0.717, 1.165) is 24.5 Å². The Morgan fingerprint density at radius 3 is 2.67 bits per heavy atom. The largest absolute Gasteiger partial charge is 0.372 e. The van der Waals surface area contributed by atoms with Gasteiger partial charge in [-0.05, 0) is 30.7 Å². The molecular formula is C11H15Cl2NO. The molecule has 1 heterocycles. The van der Waals surface area contributed by atoms with Crippen LogP contribution in [0.25, 0.3) is 0 Å². The minimum absolute atomic E-state index is 0. The molecule has 1 saturated heterocycles. The van der Waals surface area contributed by atoms with Gasteiger partial charge in [0.1, 0.15) is 0 Å². The van der Waals surface area contributed by atoms with Crippen molar-refractivity contribution < 1.29 is 4.74 Å². The fourth-order valence-corrected chi connectivity index (χ4v) is 1.69. The normalized spacial score (nSPS) is 19.9. The van der Waals surface area contributed by atoms with Crippen LogP contribution in [-0.2, 0) is 11.3 Å². The summed E-state index contributed by atoms with van der Waals surface area (Å²) in [5.74, 6) is 0. The van der Waals surface area contributed by atoms with Gasteiger partial charge in [-0.1, -0.05) is 23.7 Å². The van der Waals surface area contributed by atoms with Crippen LogP contribution >= 0.6 is 24.0 Å². The fraction of sp³-hybridized carbons (Fsp3) is 0.455. The third kappa shape index (κ3) is 3.99. The predicted octanol–water partition coefficient (Wildman–Crippen LogP) is 2.64. The number of hydrogen-bond acceptors (Lipinski definition) is 2. The van der Waals surface area contributed by atoms with Gasteiger partial charge in [-0.15, -0.1) is 12.4 Å². The first-order valence-electron chi connectivity index (χ1n) is 4.91. The van der Waals surface area contributed by atoms with E-state index in [0.29, 0.717) is 12.7 Å². The van der Waals surface area contributed by atoms with Gasteiger partial charge in [-0.2, -0.15) is 0 Å². The molecule has 2 rings (SSSR count). The predicted molar refractivity (Wildman–Crippen MR) is 64.8 cm³/mol. The van der Waals surface area contributed by atoms with Gasteiger partial charge < -0.3 is 10.1 Å². The smallest absolute Gasteiger partial charge is 0.0721 e. The van der Waals surface area contributed by atoms with Crippen LogP contribution in [0.2, 0.25) is 5.02 Å². The van der Waals surface area contributed by atoms with Crippen LogP contribution in [0.1, 0.15) is 12.0 Å². The van der Waals surface area contributed by atoms with Crippen LogP contribution in [0, 0.1) is 0 Å². The van der Waals surface area contributed by atoms with Gasteiger partial charge in [0.25, 0.3) is 0 Å². The lowest BCUT2D eigenvalue weighted by Gasteiger charge is -2.10. The van der Waals surface area contributed by atoms with Crippen molar-refractivity contribution in [3.8, 4) is 0 Å². The molecule has 15 heavy (non-hydrogen) atoms. The van der Waals surface area contributed by atoms with Crippen molar-refractivity contribution in [2.75, 3.05) is 13.1 Å². The number of benzene rings is 1. The van der Waals surface area contributed by atoms with Gasteiger partial charge in [0, 0.05) is 11.6 Å². The molecule has 4 heteroatoms. The van der Waals surface area contributed by atoms with Gasteiger partial charge in [-0.25, -0.2) is 0 Å². The summed E-state index contributed by atoms with van der Waals surface area (Å²) >= 11 is 5.79. The summed E-state index contributed by atoms with van der Waals surface area (Å²) in [6, 6.07) is 7.80. The molecule has 0 bridgehead atoms. The molecule has 1 unspecified atom stereocenters. The molecule has 1 fully saturated rings. The highest BCUT2D eigenvalue weighted by atomic mass is 35.5. The van der Waals surface area contributed by atoms with Crippen LogP contribution in [0.15, 0.2) is 24.3 Å². The minimum atomic E-state index is 0. The Morgan fingerprint density at radius 1 is 1.33 bits per heavy atom. The van der Waals surface area contributed by atoms with Crippen molar-refractivity contribution in [2.45, 2.75) is 19.1 Å².